The molecule has 7 heteroatoms. The van der Waals surface area contributed by atoms with Crippen LogP contribution in [-0.2, 0) is 0 Å². The highest BCUT2D eigenvalue weighted by Gasteiger charge is 1.95. The van der Waals surface area contributed by atoms with Crippen LogP contribution in [0.4, 0.5) is 22.7 Å². The van der Waals surface area contributed by atoms with Crippen molar-refractivity contribution < 1.29 is 10.0 Å². The normalized spacial score (nSPS) is 8.57. The van der Waals surface area contributed by atoms with Gasteiger partial charge in [0.1, 0.15) is 0 Å². The first-order chi connectivity index (χ1) is 46.0. The fraction of sp³-hybridized carbons (Fsp3) is 0.172. The predicted molar refractivity (Wildman–Crippen MR) is 423 cm³/mol. The molecule has 9 N–H and O–H groups in total. The van der Waals surface area contributed by atoms with Crippen molar-refractivity contribution in [3.63, 3.8) is 0 Å². The Morgan fingerprint density at radius 1 is 0.234 bits per heavy atom. The maximum atomic E-state index is 7.61. The minimum atomic E-state index is -1.17. The summed E-state index contributed by atoms with van der Waals surface area (Å²) in [5, 5.41) is 18.2. The van der Waals surface area contributed by atoms with Crippen molar-refractivity contribution in [2.24, 2.45) is 0 Å². The molecular weight excluding hydrogens is 1140 g/mol. The average molecular weight is 1260 g/mol. The van der Waals surface area contributed by atoms with E-state index in [1.807, 2.05) is 205 Å². The Kier molecular flexibility index (Phi) is 58.8. The van der Waals surface area contributed by atoms with Gasteiger partial charge in [-0.15, -0.1) is 0 Å². The second-order valence-electron chi connectivity index (χ2n) is 19.5. The molecule has 0 amide bonds. The first-order valence-electron chi connectivity index (χ1n) is 32.9. The molecule has 0 atom stereocenters. The van der Waals surface area contributed by atoms with Gasteiger partial charge in [0.15, 0.2) is 0 Å². The summed E-state index contributed by atoms with van der Waals surface area (Å²) >= 11 is 0. The van der Waals surface area contributed by atoms with Gasteiger partial charge >= 0.3 is 7.12 Å². The molecule has 6 nitrogen and oxygen atoms in total. The number of anilines is 4. The van der Waals surface area contributed by atoms with Gasteiger partial charge in [0.2, 0.25) is 0 Å². The molecule has 0 fully saturated rings. The first-order valence-corrected chi connectivity index (χ1v) is 32.9. The SMILES string of the molecule is CB(O)O.CC.CC.CCC.CCC.CCC.CNc1ccccc1.Nc1ccccc1.Nc1ccccc1.Nc1ccccc1.c1ccc(-c2ccccc2)cc1.c1ccc(-c2ccccc2)cc1.c1ccc(-c2ccccc2)cc1.c1ccc(-c2ccccc2)cc1. The third kappa shape index (κ3) is 49.6. The summed E-state index contributed by atoms with van der Waals surface area (Å²) in [6.45, 7) is 22.0. The van der Waals surface area contributed by atoms with E-state index in [1.54, 1.807) is 0 Å². The van der Waals surface area contributed by atoms with Gasteiger partial charge < -0.3 is 32.6 Å². The van der Waals surface area contributed by atoms with Crippen LogP contribution < -0.4 is 22.5 Å². The average Bonchev–Trinajstić information content (AvgIpc) is 2.23. The lowest BCUT2D eigenvalue weighted by molar-refractivity contribution is 0.417. The molecular formula is C87H111BN4O2. The van der Waals surface area contributed by atoms with Gasteiger partial charge in [0.25, 0.3) is 0 Å². The fourth-order valence-corrected chi connectivity index (χ4v) is 7.01. The minimum Gasteiger partial charge on any atom is -0.427 e. The van der Waals surface area contributed by atoms with E-state index in [1.165, 1.54) is 70.6 Å². The van der Waals surface area contributed by atoms with Gasteiger partial charge in [0, 0.05) is 29.8 Å². The van der Waals surface area contributed by atoms with Crippen LogP contribution in [0.2, 0.25) is 6.82 Å². The number of nitrogens with two attached hydrogens (primary N) is 3. The second-order valence-corrected chi connectivity index (χ2v) is 19.5. The standard InChI is InChI=1S/4C12H10.C7H9N.3C6H7N.3C3H8.2C2H6.CH5BO2/c4*1-3-7-11(8-4-1)12-9-5-2-6-10-12;1-8-7-5-3-2-4-6-7;3*7-6-4-2-1-3-5-6;3*1-3-2;2*1-2;1-2(3)4/h4*1-10H;2-6,8H,1H3;3*1-5H,7H2;3*3H2,1-2H3;2*1-2H3;3-4H,1H3. The van der Waals surface area contributed by atoms with Crippen LogP contribution in [-0.4, -0.2) is 24.2 Å². The molecule has 0 saturated carbocycles. The number of nitrogens with one attached hydrogen (secondary N) is 1. The lowest BCUT2D eigenvalue weighted by Gasteiger charge is -1.98. The molecule has 0 bridgehead atoms. The summed E-state index contributed by atoms with van der Waals surface area (Å²) < 4.78 is 0. The van der Waals surface area contributed by atoms with E-state index in [0.29, 0.717) is 0 Å². The topological polar surface area (TPSA) is 131 Å². The largest absolute Gasteiger partial charge is 0.448 e. The van der Waals surface area contributed by atoms with E-state index < -0.39 is 7.12 Å². The van der Waals surface area contributed by atoms with Crippen molar-refractivity contribution in [1.29, 1.82) is 0 Å². The smallest absolute Gasteiger partial charge is 0.427 e. The molecule has 12 aromatic rings. The number of para-hydroxylation sites is 4. The maximum absolute atomic E-state index is 7.61. The Labute approximate surface area is 570 Å². The Morgan fingerprint density at radius 2 is 0.330 bits per heavy atom. The van der Waals surface area contributed by atoms with E-state index in [9.17, 15) is 0 Å². The Hall–Kier alpha value is -10.2. The van der Waals surface area contributed by atoms with Crippen molar-refractivity contribution in [3.8, 4) is 44.5 Å². The van der Waals surface area contributed by atoms with Crippen molar-refractivity contribution >= 4 is 29.9 Å². The monoisotopic (exact) mass is 1250 g/mol. The highest BCUT2D eigenvalue weighted by Crippen LogP contribution is 2.20. The molecule has 0 unspecified atom stereocenters. The Morgan fingerprint density at radius 3 is 0.404 bits per heavy atom. The molecule has 0 aliphatic heterocycles. The highest BCUT2D eigenvalue weighted by atomic mass is 16.4. The lowest BCUT2D eigenvalue weighted by atomic mass is 9.99. The number of rotatable bonds is 5. The number of hydrogen-bond donors (Lipinski definition) is 6. The molecule has 12 aromatic carbocycles. The Balaban J connectivity index is 0. The summed E-state index contributed by atoms with van der Waals surface area (Å²) in [5.74, 6) is 0. The van der Waals surface area contributed by atoms with E-state index >= 15 is 0 Å². The molecule has 0 aromatic heterocycles. The van der Waals surface area contributed by atoms with Crippen LogP contribution >= 0.6 is 0 Å². The minimum absolute atomic E-state index is 0.822. The van der Waals surface area contributed by atoms with Crippen molar-refractivity contribution in [2.75, 3.05) is 29.6 Å². The summed E-state index contributed by atoms with van der Waals surface area (Å²) in [7, 11) is 0.745. The third-order valence-corrected chi connectivity index (χ3v) is 11.0. The van der Waals surface area contributed by atoms with Crippen LogP contribution in [0.3, 0.4) is 0 Å². The first kappa shape index (κ1) is 85.9. The third-order valence-electron chi connectivity index (χ3n) is 11.0. The van der Waals surface area contributed by atoms with Crippen LogP contribution in [0.15, 0.2) is 364 Å². The summed E-state index contributed by atoms with van der Waals surface area (Å²) in [6.07, 6.45) is 3.75. The van der Waals surface area contributed by atoms with Gasteiger partial charge in [-0.1, -0.05) is 404 Å². The molecule has 0 saturated heterocycles. The number of benzene rings is 12. The van der Waals surface area contributed by atoms with Crippen molar-refractivity contribution in [1.82, 2.24) is 0 Å². The number of hydrogen-bond acceptors (Lipinski definition) is 6. The van der Waals surface area contributed by atoms with E-state index in [-0.39, 0.29) is 0 Å². The zero-order valence-corrected chi connectivity index (χ0v) is 58.5. The molecule has 94 heavy (non-hydrogen) atoms. The highest BCUT2D eigenvalue weighted by molar-refractivity contribution is 6.38. The van der Waals surface area contributed by atoms with E-state index in [2.05, 4.69) is 241 Å². The molecule has 0 aliphatic rings. The van der Waals surface area contributed by atoms with Crippen LogP contribution in [0, 0.1) is 0 Å². The quantitative estimate of drug-likeness (QED) is 0.0752. The molecule has 0 aliphatic carbocycles. The van der Waals surface area contributed by atoms with Crippen LogP contribution in [0.1, 0.15) is 88.5 Å². The van der Waals surface area contributed by atoms with E-state index in [4.69, 9.17) is 27.2 Å². The zero-order chi connectivity index (χ0) is 69.8. The van der Waals surface area contributed by atoms with Gasteiger partial charge in [-0.3, -0.25) is 0 Å². The predicted octanol–water partition coefficient (Wildman–Crippen LogP) is 24.3. The zero-order valence-electron chi connectivity index (χ0n) is 58.5. The van der Waals surface area contributed by atoms with Crippen LogP contribution in [0.5, 0.6) is 0 Å². The van der Waals surface area contributed by atoms with E-state index in [0.717, 1.165) is 22.7 Å². The van der Waals surface area contributed by atoms with Gasteiger partial charge in [0.05, 0.1) is 0 Å². The van der Waals surface area contributed by atoms with Crippen LogP contribution in [0.25, 0.3) is 44.5 Å². The number of nitrogen functional groups attached to an aromatic ring is 3. The molecule has 0 heterocycles. The molecule has 12 rings (SSSR count). The second kappa shape index (κ2) is 64.4. The van der Waals surface area contributed by atoms with Crippen molar-refractivity contribution in [2.45, 2.75) is 95.3 Å². The summed E-state index contributed by atoms with van der Waals surface area (Å²) in [5.41, 5.74) is 29.9. The molecule has 0 spiro atoms. The van der Waals surface area contributed by atoms with Gasteiger partial charge in [-0.2, -0.15) is 0 Å². The summed E-state index contributed by atoms with van der Waals surface area (Å²) in [4.78, 5) is 0. The molecule has 494 valence electrons. The fourth-order valence-electron chi connectivity index (χ4n) is 7.01. The van der Waals surface area contributed by atoms with Crippen molar-refractivity contribution in [3.05, 3.63) is 364 Å². The maximum Gasteiger partial charge on any atom is 0.448 e. The van der Waals surface area contributed by atoms with Gasteiger partial charge in [-0.05, 0) is 99.9 Å². The van der Waals surface area contributed by atoms with Gasteiger partial charge in [-0.25, -0.2) is 0 Å². The lowest BCUT2D eigenvalue weighted by Crippen LogP contribution is -2.00. The Bertz CT molecular complexity index is 2800. The molecule has 0 radical (unpaired) electrons. The summed E-state index contributed by atoms with van der Waals surface area (Å²) in [6, 6.07) is 122.